The average Bonchev–Trinajstić information content (AvgIpc) is 2.90. The summed E-state index contributed by atoms with van der Waals surface area (Å²) in [6.07, 6.45) is 3.73. The fourth-order valence-electron chi connectivity index (χ4n) is 4.06. The van der Waals surface area contributed by atoms with Gasteiger partial charge in [-0.3, -0.25) is 0 Å². The Hall–Kier alpha value is -0.320. The summed E-state index contributed by atoms with van der Waals surface area (Å²) in [5.74, 6) is 0.584. The minimum absolute atomic E-state index is 0.107. The van der Waals surface area contributed by atoms with E-state index in [1.54, 1.807) is 0 Å². The lowest BCUT2D eigenvalue weighted by atomic mass is 9.70. The maximum Gasteiger partial charge on any atom is 0.0595 e. The molecule has 3 rings (SSSR count). The maximum atomic E-state index is 6.27. The van der Waals surface area contributed by atoms with Crippen LogP contribution in [-0.4, -0.2) is 50.4 Å². The molecule has 0 radical (unpaired) electrons. The molecule has 1 unspecified atom stereocenters. The van der Waals surface area contributed by atoms with Crippen molar-refractivity contribution in [2.45, 2.75) is 44.6 Å². The fraction of sp³-hybridized carbons (Fsp3) is 0.684. The summed E-state index contributed by atoms with van der Waals surface area (Å²) >= 11 is 12.4. The topological polar surface area (TPSA) is 15.7 Å². The van der Waals surface area contributed by atoms with Gasteiger partial charge in [-0.2, -0.15) is 0 Å². The molecular weight excluding hydrogens is 343 g/mol. The minimum Gasteiger partial charge on any atom is -0.381 e. The lowest BCUT2D eigenvalue weighted by Gasteiger charge is -2.48. The summed E-state index contributed by atoms with van der Waals surface area (Å²) < 4.78 is 5.68. The second-order valence-corrected chi connectivity index (χ2v) is 7.96. The summed E-state index contributed by atoms with van der Waals surface area (Å²) in [7, 11) is 6.12. The molecule has 0 amide bonds. The molecule has 1 heterocycles. The Labute approximate surface area is 156 Å². The Morgan fingerprint density at radius 3 is 2.42 bits per heavy atom. The van der Waals surface area contributed by atoms with Gasteiger partial charge in [0.25, 0.3) is 0 Å². The van der Waals surface area contributed by atoms with E-state index in [0.717, 1.165) is 25.9 Å². The molecule has 0 N–H and O–H groups in total. The number of fused-ring (bicyclic) bond motifs is 1. The molecule has 1 saturated heterocycles. The van der Waals surface area contributed by atoms with Gasteiger partial charge in [0.2, 0.25) is 0 Å². The van der Waals surface area contributed by atoms with E-state index in [0.29, 0.717) is 22.1 Å². The van der Waals surface area contributed by atoms with Crippen LogP contribution in [0.1, 0.15) is 38.7 Å². The van der Waals surface area contributed by atoms with Crippen molar-refractivity contribution in [2.24, 2.45) is 5.92 Å². The number of ether oxygens (including phenoxy) is 1. The second-order valence-electron chi connectivity index (χ2n) is 7.14. The van der Waals surface area contributed by atoms with E-state index in [4.69, 9.17) is 27.9 Å². The Kier molecular flexibility index (Phi) is 6.98. The zero-order valence-corrected chi connectivity index (χ0v) is 17.0. The highest BCUT2D eigenvalue weighted by Gasteiger charge is 2.52. The molecule has 1 aliphatic heterocycles. The van der Waals surface area contributed by atoms with Gasteiger partial charge in [-0.25, -0.2) is 10.0 Å². The van der Waals surface area contributed by atoms with Crippen molar-refractivity contribution in [3.8, 4) is 0 Å². The molecule has 5 heteroatoms. The number of hydrogen-bond acceptors (Lipinski definition) is 3. The number of likely N-dealkylation sites (N-methyl/N-ethyl adjacent to an activating group) is 1. The SMILES string of the molecule is CCC.COC1C[C@@H]2CN(C)N(C)C[C@]2(c2ccc(Cl)c(Cl)c2)C1. The summed E-state index contributed by atoms with van der Waals surface area (Å²) in [6.45, 7) is 6.29. The first-order chi connectivity index (χ1) is 11.4. The molecule has 1 aliphatic carbocycles. The summed E-state index contributed by atoms with van der Waals surface area (Å²) in [5, 5.41) is 5.87. The van der Waals surface area contributed by atoms with Gasteiger partial charge in [0, 0.05) is 39.7 Å². The van der Waals surface area contributed by atoms with E-state index in [9.17, 15) is 0 Å². The summed E-state index contributed by atoms with van der Waals surface area (Å²) in [6, 6.07) is 6.11. The van der Waals surface area contributed by atoms with Gasteiger partial charge in [0.1, 0.15) is 0 Å². The van der Waals surface area contributed by atoms with Crippen LogP contribution in [0.15, 0.2) is 18.2 Å². The van der Waals surface area contributed by atoms with Gasteiger partial charge in [0.15, 0.2) is 0 Å². The highest BCUT2D eigenvalue weighted by molar-refractivity contribution is 6.42. The Bertz CT molecular complexity index is 554. The quantitative estimate of drug-likeness (QED) is 0.736. The Morgan fingerprint density at radius 2 is 1.83 bits per heavy atom. The molecule has 24 heavy (non-hydrogen) atoms. The van der Waals surface area contributed by atoms with Crippen LogP contribution in [-0.2, 0) is 10.2 Å². The van der Waals surface area contributed by atoms with Crippen molar-refractivity contribution in [3.63, 3.8) is 0 Å². The average molecular weight is 373 g/mol. The van der Waals surface area contributed by atoms with Crippen molar-refractivity contribution in [2.75, 3.05) is 34.3 Å². The van der Waals surface area contributed by atoms with Crippen LogP contribution in [0.4, 0.5) is 0 Å². The third-order valence-corrected chi connectivity index (χ3v) is 6.07. The number of nitrogens with zero attached hydrogens (tertiary/aromatic N) is 2. The van der Waals surface area contributed by atoms with Crippen LogP contribution in [0.3, 0.4) is 0 Å². The van der Waals surface area contributed by atoms with Crippen LogP contribution < -0.4 is 0 Å². The third-order valence-electron chi connectivity index (χ3n) is 5.33. The van der Waals surface area contributed by atoms with E-state index in [2.05, 4.69) is 44.0 Å². The van der Waals surface area contributed by atoms with Crippen LogP contribution in [0.2, 0.25) is 10.0 Å². The molecule has 136 valence electrons. The largest absolute Gasteiger partial charge is 0.381 e. The van der Waals surface area contributed by atoms with Gasteiger partial charge < -0.3 is 4.74 Å². The molecule has 1 aromatic carbocycles. The van der Waals surface area contributed by atoms with E-state index in [-0.39, 0.29) is 5.41 Å². The number of hydrogen-bond donors (Lipinski definition) is 0. The normalized spacial score (nSPS) is 30.6. The number of halogens is 2. The molecule has 3 atom stereocenters. The van der Waals surface area contributed by atoms with Crippen LogP contribution in [0.5, 0.6) is 0 Å². The minimum atomic E-state index is 0.107. The van der Waals surface area contributed by atoms with Gasteiger partial charge in [-0.05, 0) is 36.5 Å². The third kappa shape index (κ3) is 3.91. The molecule has 1 saturated carbocycles. The van der Waals surface area contributed by atoms with Gasteiger partial charge in [-0.15, -0.1) is 0 Å². The Balaban J connectivity index is 0.000000647. The standard InChI is InChI=1S/C16H22Cl2N2O.C3H8/c1-19-9-12-6-13(21-3)8-16(12,10-20(19)2)11-4-5-14(17)15(18)7-11;1-3-2/h4-5,7,12-13H,6,8-10H2,1-3H3;3H2,1-2H3/t12-,13?,16+;/m1./s1. The zero-order chi connectivity index (χ0) is 17.9. The van der Waals surface area contributed by atoms with Crippen molar-refractivity contribution in [3.05, 3.63) is 33.8 Å². The molecular formula is C19H30Cl2N2O. The van der Waals surface area contributed by atoms with Crippen LogP contribution >= 0.6 is 23.2 Å². The highest BCUT2D eigenvalue weighted by Crippen LogP contribution is 2.50. The van der Waals surface area contributed by atoms with Crippen LogP contribution in [0, 0.1) is 5.92 Å². The molecule has 0 aromatic heterocycles. The molecule has 0 bridgehead atoms. The summed E-state index contributed by atoms with van der Waals surface area (Å²) in [5.41, 5.74) is 1.40. The lowest BCUT2D eigenvalue weighted by molar-refractivity contribution is -0.0612. The molecule has 0 spiro atoms. The van der Waals surface area contributed by atoms with Gasteiger partial charge in [-0.1, -0.05) is 49.5 Å². The lowest BCUT2D eigenvalue weighted by Crippen LogP contribution is -2.56. The molecule has 2 aliphatic rings. The fourth-order valence-corrected chi connectivity index (χ4v) is 4.36. The number of rotatable bonds is 2. The predicted molar refractivity (Wildman–Crippen MR) is 103 cm³/mol. The van der Waals surface area contributed by atoms with Crippen molar-refractivity contribution < 1.29 is 4.74 Å². The molecule has 2 fully saturated rings. The Morgan fingerprint density at radius 1 is 1.17 bits per heavy atom. The molecule has 1 aromatic rings. The van der Waals surface area contributed by atoms with E-state index < -0.39 is 0 Å². The molecule has 3 nitrogen and oxygen atoms in total. The van der Waals surface area contributed by atoms with Gasteiger partial charge in [0.05, 0.1) is 16.1 Å². The van der Waals surface area contributed by atoms with Crippen molar-refractivity contribution in [1.29, 1.82) is 0 Å². The van der Waals surface area contributed by atoms with Crippen molar-refractivity contribution >= 4 is 23.2 Å². The first kappa shape index (κ1) is 20.0. The monoisotopic (exact) mass is 372 g/mol. The zero-order valence-electron chi connectivity index (χ0n) is 15.5. The van der Waals surface area contributed by atoms with Crippen molar-refractivity contribution in [1.82, 2.24) is 10.0 Å². The van der Waals surface area contributed by atoms with E-state index >= 15 is 0 Å². The second kappa shape index (κ2) is 8.37. The summed E-state index contributed by atoms with van der Waals surface area (Å²) in [4.78, 5) is 0. The maximum absolute atomic E-state index is 6.27. The number of hydrazine groups is 1. The van der Waals surface area contributed by atoms with E-state index in [1.165, 1.54) is 12.0 Å². The highest BCUT2D eigenvalue weighted by atomic mass is 35.5. The predicted octanol–water partition coefficient (Wildman–Crippen LogP) is 4.86. The number of benzene rings is 1. The van der Waals surface area contributed by atoms with Gasteiger partial charge >= 0.3 is 0 Å². The number of methoxy groups -OCH3 is 1. The van der Waals surface area contributed by atoms with Crippen LogP contribution in [0.25, 0.3) is 0 Å². The van der Waals surface area contributed by atoms with E-state index in [1.807, 2.05) is 19.2 Å². The first-order valence-electron chi connectivity index (χ1n) is 8.78. The first-order valence-corrected chi connectivity index (χ1v) is 9.54. The smallest absolute Gasteiger partial charge is 0.0595 e.